The minimum Gasteiger partial charge on any atom is -0.494 e. The predicted octanol–water partition coefficient (Wildman–Crippen LogP) is 18.7. The second-order valence-electron chi connectivity index (χ2n) is 22.4. The number of esters is 2. The Morgan fingerprint density at radius 3 is 0.933 bits per heavy atom. The first-order valence-electron chi connectivity index (χ1n) is 31.8. The van der Waals surface area contributed by atoms with Crippen LogP contribution in [0.1, 0.15) is 168 Å². The Morgan fingerprint density at radius 2 is 0.600 bits per heavy atom. The highest BCUT2D eigenvalue weighted by atomic mass is 16.5. The van der Waals surface area contributed by atoms with Crippen LogP contribution in [0.2, 0.25) is 0 Å². The van der Waals surface area contributed by atoms with E-state index in [2.05, 4.69) is 0 Å². The summed E-state index contributed by atoms with van der Waals surface area (Å²) >= 11 is 0. The molecule has 90 heavy (non-hydrogen) atoms. The molecule has 8 aromatic rings. The lowest BCUT2D eigenvalue weighted by molar-refractivity contribution is 0.0725. The van der Waals surface area contributed by atoms with Gasteiger partial charge in [0, 0.05) is 11.1 Å². The van der Waals surface area contributed by atoms with Crippen molar-refractivity contribution in [3.63, 3.8) is 0 Å². The van der Waals surface area contributed by atoms with Crippen molar-refractivity contribution in [2.45, 2.75) is 116 Å². The van der Waals surface area contributed by atoms with Crippen LogP contribution in [0.3, 0.4) is 0 Å². The zero-order valence-corrected chi connectivity index (χ0v) is 51.6. The van der Waals surface area contributed by atoms with Gasteiger partial charge < -0.3 is 39.9 Å². The van der Waals surface area contributed by atoms with E-state index in [1.807, 2.05) is 72.8 Å². The smallest absolute Gasteiger partial charge is 0.343 e. The summed E-state index contributed by atoms with van der Waals surface area (Å²) in [4.78, 5) is 50.2. The Hall–Kier alpha value is -9.68. The number of allylic oxidation sites excluding steroid dienone is 2. The number of anilines is 2. The number of carbonyl (C=O) groups excluding carboxylic acids is 4. The standard InChI is InChI=1S/C78H84N2O10/c79-71-49-39-65(57-75(71)87-55-23-13-9-5-1-3-7-11-21-53-85-67-45-35-63(36-46-67)77(83)89-69-41-29-59(30-42-69)33-51-73(81)61-25-17-15-18-26-61)66-40-50-72(80)76(58-66)88-56-24-14-10-6-2-4-8-12-22-54-86-68-47-37-64(38-48-68)78(84)90-70-43-31-60(32-44-70)34-52-74(82)62-27-19-16-20-28-62/h15-20,25-52,57-58H,1-14,21-24,53-56,79-80H2/b51-33+,52-34+. The molecule has 8 rings (SSSR count). The third-order valence-electron chi connectivity index (χ3n) is 15.3. The van der Waals surface area contributed by atoms with E-state index < -0.39 is 11.9 Å². The first-order chi connectivity index (χ1) is 44.1. The third kappa shape index (κ3) is 23.1. The number of benzene rings is 8. The van der Waals surface area contributed by atoms with Gasteiger partial charge in [0.05, 0.1) is 48.9 Å². The Kier molecular flexibility index (Phi) is 27.4. The molecule has 466 valence electrons. The highest BCUT2D eigenvalue weighted by Gasteiger charge is 2.13. The minimum absolute atomic E-state index is 0.0749. The normalized spacial score (nSPS) is 11.2. The maximum atomic E-state index is 12.8. The van der Waals surface area contributed by atoms with Gasteiger partial charge in [-0.1, -0.05) is 199 Å². The number of unbranched alkanes of at least 4 members (excludes halogenated alkanes) is 16. The van der Waals surface area contributed by atoms with Gasteiger partial charge in [0.25, 0.3) is 0 Å². The SMILES string of the molecule is Nc1ccc(-c2ccc(N)c(OCCCCCCCCCCCOc3ccc(C(=O)Oc4ccc(/C=C/C(=O)c5ccccc5)cc4)cc3)c2)cc1OCCCCCCCCCCCOc1ccc(C(=O)Oc2ccc(/C=C/C(=O)c3ccccc3)cc2)cc1. The fourth-order valence-corrected chi connectivity index (χ4v) is 10.0. The van der Waals surface area contributed by atoms with Crippen molar-refractivity contribution in [1.29, 1.82) is 0 Å². The summed E-state index contributed by atoms with van der Waals surface area (Å²) in [5, 5.41) is 0. The van der Waals surface area contributed by atoms with Crippen LogP contribution in [0.5, 0.6) is 34.5 Å². The average molecular weight is 1210 g/mol. The van der Waals surface area contributed by atoms with E-state index in [1.165, 1.54) is 76.4 Å². The largest absolute Gasteiger partial charge is 0.494 e. The summed E-state index contributed by atoms with van der Waals surface area (Å²) in [6, 6.07) is 58.1. The number of rotatable bonds is 39. The second-order valence-corrected chi connectivity index (χ2v) is 22.4. The first kappa shape index (κ1) is 66.3. The lowest BCUT2D eigenvalue weighted by Crippen LogP contribution is -2.08. The van der Waals surface area contributed by atoms with Gasteiger partial charge in [-0.05, 0) is 157 Å². The molecule has 0 bridgehead atoms. The number of hydrogen-bond acceptors (Lipinski definition) is 12. The monoisotopic (exact) mass is 1210 g/mol. The molecule has 0 aliphatic rings. The fourth-order valence-electron chi connectivity index (χ4n) is 10.0. The number of ether oxygens (including phenoxy) is 6. The molecule has 0 unspecified atom stereocenters. The van der Waals surface area contributed by atoms with E-state index in [9.17, 15) is 19.2 Å². The molecule has 0 spiro atoms. The molecule has 12 heteroatoms. The number of nitrogens with two attached hydrogens (primary N) is 2. The summed E-state index contributed by atoms with van der Waals surface area (Å²) in [5.74, 6) is 2.62. The number of nitrogen functional groups attached to an aromatic ring is 2. The van der Waals surface area contributed by atoms with Crippen LogP contribution in [0.25, 0.3) is 23.3 Å². The Balaban J connectivity index is 0.594. The lowest BCUT2D eigenvalue weighted by Gasteiger charge is -2.13. The Bertz CT molecular complexity index is 3290. The molecule has 4 N–H and O–H groups in total. The van der Waals surface area contributed by atoms with Crippen molar-refractivity contribution in [3.8, 4) is 45.6 Å². The molecule has 0 aliphatic heterocycles. The maximum Gasteiger partial charge on any atom is 0.343 e. The van der Waals surface area contributed by atoms with Crippen LogP contribution in [-0.4, -0.2) is 49.9 Å². The zero-order chi connectivity index (χ0) is 62.8. The van der Waals surface area contributed by atoms with Crippen molar-refractivity contribution in [2.75, 3.05) is 37.9 Å². The molecule has 0 aromatic heterocycles. The first-order valence-corrected chi connectivity index (χ1v) is 31.8. The molecular formula is C78H84N2O10. The highest BCUT2D eigenvalue weighted by molar-refractivity contribution is 6.07. The summed E-state index contributed by atoms with van der Waals surface area (Å²) in [6.45, 7) is 2.48. The van der Waals surface area contributed by atoms with Gasteiger partial charge >= 0.3 is 11.9 Å². The van der Waals surface area contributed by atoms with Crippen LogP contribution in [0, 0.1) is 0 Å². The fraction of sp³-hybridized carbons (Fsp3) is 0.282. The molecule has 0 heterocycles. The van der Waals surface area contributed by atoms with Crippen LogP contribution in [0.15, 0.2) is 206 Å². The minimum atomic E-state index is -0.451. The van der Waals surface area contributed by atoms with Gasteiger partial charge in [-0.15, -0.1) is 0 Å². The van der Waals surface area contributed by atoms with Gasteiger partial charge in [0.1, 0.15) is 34.5 Å². The summed E-state index contributed by atoms with van der Waals surface area (Å²) < 4.78 is 35.4. The Morgan fingerprint density at radius 1 is 0.300 bits per heavy atom. The molecule has 0 saturated carbocycles. The molecule has 0 fully saturated rings. The van der Waals surface area contributed by atoms with E-state index >= 15 is 0 Å². The predicted molar refractivity (Wildman–Crippen MR) is 361 cm³/mol. The number of carbonyl (C=O) groups is 4. The number of ketones is 2. The summed E-state index contributed by atoms with van der Waals surface area (Å²) in [6.07, 6.45) is 26.8. The van der Waals surface area contributed by atoms with Crippen molar-refractivity contribution >= 4 is 47.0 Å². The third-order valence-corrected chi connectivity index (χ3v) is 15.3. The van der Waals surface area contributed by atoms with Crippen LogP contribution in [0.4, 0.5) is 11.4 Å². The van der Waals surface area contributed by atoms with Crippen LogP contribution in [-0.2, 0) is 0 Å². The molecule has 0 saturated heterocycles. The zero-order valence-electron chi connectivity index (χ0n) is 51.6. The molecule has 0 radical (unpaired) electrons. The van der Waals surface area contributed by atoms with Crippen LogP contribution < -0.4 is 39.9 Å². The van der Waals surface area contributed by atoms with E-state index in [0.29, 0.717) is 83.1 Å². The van der Waals surface area contributed by atoms with Gasteiger partial charge in [-0.3, -0.25) is 9.59 Å². The van der Waals surface area contributed by atoms with Crippen molar-refractivity contribution in [3.05, 3.63) is 240 Å². The van der Waals surface area contributed by atoms with E-state index in [1.54, 1.807) is 133 Å². The van der Waals surface area contributed by atoms with E-state index in [-0.39, 0.29) is 11.6 Å². The van der Waals surface area contributed by atoms with E-state index in [0.717, 1.165) is 85.1 Å². The molecule has 12 nitrogen and oxygen atoms in total. The van der Waals surface area contributed by atoms with E-state index in [4.69, 9.17) is 39.9 Å². The number of hydrogen-bond donors (Lipinski definition) is 2. The lowest BCUT2D eigenvalue weighted by atomic mass is 10.0. The van der Waals surface area contributed by atoms with Gasteiger partial charge in [-0.25, -0.2) is 9.59 Å². The molecule has 0 amide bonds. The summed E-state index contributed by atoms with van der Waals surface area (Å²) in [7, 11) is 0. The van der Waals surface area contributed by atoms with Gasteiger partial charge in [0.2, 0.25) is 0 Å². The quantitative estimate of drug-likeness (QED) is 0.00933. The molecule has 8 aromatic carbocycles. The van der Waals surface area contributed by atoms with Gasteiger partial charge in [-0.2, -0.15) is 0 Å². The average Bonchev–Trinajstić information content (AvgIpc) is 2.10. The Labute approximate surface area is 530 Å². The molecule has 0 aliphatic carbocycles. The van der Waals surface area contributed by atoms with Crippen LogP contribution >= 0.6 is 0 Å². The highest BCUT2D eigenvalue weighted by Crippen LogP contribution is 2.34. The topological polar surface area (TPSA) is 176 Å². The van der Waals surface area contributed by atoms with Crippen molar-refractivity contribution in [2.24, 2.45) is 0 Å². The van der Waals surface area contributed by atoms with Gasteiger partial charge in [0.15, 0.2) is 11.6 Å². The maximum absolute atomic E-state index is 12.8. The van der Waals surface area contributed by atoms with Crippen molar-refractivity contribution < 1.29 is 47.6 Å². The second kappa shape index (κ2) is 37.2. The van der Waals surface area contributed by atoms with Crippen molar-refractivity contribution in [1.82, 2.24) is 0 Å². The molecule has 0 atom stereocenters. The summed E-state index contributed by atoms with van der Waals surface area (Å²) in [5.41, 5.74) is 19.7. The molecular weight excluding hydrogens is 1120 g/mol.